The van der Waals surface area contributed by atoms with Crippen LogP contribution in [0.2, 0.25) is 0 Å². The molecule has 1 saturated heterocycles. The number of hydrogen-bond donors (Lipinski definition) is 1. The average molecular weight is 577 g/mol. The highest BCUT2D eigenvalue weighted by Crippen LogP contribution is 2.36. The van der Waals surface area contributed by atoms with E-state index >= 15 is 0 Å². The molecule has 3 aromatic carbocycles. The maximum absolute atomic E-state index is 14.0. The minimum atomic E-state index is -3.33. The summed E-state index contributed by atoms with van der Waals surface area (Å²) in [5.41, 5.74) is 11.7. The number of carbonyl (C=O) groups excluding carboxylic acids is 1. The predicted molar refractivity (Wildman–Crippen MR) is 152 cm³/mol. The summed E-state index contributed by atoms with van der Waals surface area (Å²) in [5.74, 6) is -2.01. The Morgan fingerprint density at radius 1 is 1.05 bits per heavy atom. The highest BCUT2D eigenvalue weighted by atomic mass is 32.2. The molecule has 0 unspecified atom stereocenters. The molecule has 11 heteroatoms. The van der Waals surface area contributed by atoms with Gasteiger partial charge < -0.3 is 10.5 Å². The SMILES string of the molecule is Cc1cc2c(cc1N1CCCS1(=O)=O)CC(C(=O)c1cnn(-c3ccc(Oc4cccc(F)c4F)cc3C)c1N)=C2. The Balaban J connectivity index is 1.23. The van der Waals surface area contributed by atoms with E-state index in [1.807, 2.05) is 25.1 Å². The summed E-state index contributed by atoms with van der Waals surface area (Å²) in [7, 11) is -3.33. The number of nitrogen functional groups attached to an aromatic ring is 1. The van der Waals surface area contributed by atoms with Crippen molar-refractivity contribution in [3.05, 3.63) is 99.8 Å². The van der Waals surface area contributed by atoms with E-state index in [-0.39, 0.29) is 28.7 Å². The van der Waals surface area contributed by atoms with Crippen LogP contribution in [0.5, 0.6) is 11.5 Å². The lowest BCUT2D eigenvalue weighted by molar-refractivity contribution is 0.103. The van der Waals surface area contributed by atoms with E-state index in [9.17, 15) is 22.0 Å². The van der Waals surface area contributed by atoms with Crippen LogP contribution in [0.3, 0.4) is 0 Å². The third kappa shape index (κ3) is 4.65. The summed E-state index contributed by atoms with van der Waals surface area (Å²) in [6.07, 6.45) is 4.17. The molecule has 4 aromatic rings. The summed E-state index contributed by atoms with van der Waals surface area (Å²) in [6, 6.07) is 12.3. The lowest BCUT2D eigenvalue weighted by Crippen LogP contribution is -2.26. The lowest BCUT2D eigenvalue weighted by Gasteiger charge is -2.20. The van der Waals surface area contributed by atoms with Crippen LogP contribution in [-0.4, -0.2) is 36.3 Å². The second-order valence-corrected chi connectivity index (χ2v) is 12.2. The number of hydrogen-bond acceptors (Lipinski definition) is 6. The van der Waals surface area contributed by atoms with Gasteiger partial charge in [0.2, 0.25) is 15.8 Å². The van der Waals surface area contributed by atoms with Crippen LogP contribution in [0.4, 0.5) is 20.3 Å². The van der Waals surface area contributed by atoms with E-state index in [0.717, 1.165) is 22.8 Å². The standard InChI is InChI=1S/C30H26F2N4O4S/c1-17-11-19-13-21(14-20(19)15-26(17)35-9-4-10-41(35,38)39)29(37)23-16-34-36(30(23)33)25-8-7-22(12-18(25)2)40-27-6-3-5-24(31)28(27)32/h3,5-8,11-13,15-16H,4,9-10,14,33H2,1-2H3. The van der Waals surface area contributed by atoms with E-state index in [2.05, 4.69) is 5.10 Å². The highest BCUT2D eigenvalue weighted by molar-refractivity contribution is 7.93. The summed E-state index contributed by atoms with van der Waals surface area (Å²) >= 11 is 0. The molecule has 0 bridgehead atoms. The van der Waals surface area contributed by atoms with Crippen molar-refractivity contribution in [3.8, 4) is 17.2 Å². The molecule has 1 fully saturated rings. The van der Waals surface area contributed by atoms with E-state index < -0.39 is 21.7 Å². The normalized spacial score (nSPS) is 15.6. The number of aryl methyl sites for hydroxylation is 2. The molecule has 0 saturated carbocycles. The quantitative estimate of drug-likeness (QED) is 0.304. The number of aromatic nitrogens is 2. The Hall–Kier alpha value is -4.51. The van der Waals surface area contributed by atoms with E-state index in [1.165, 1.54) is 27.3 Å². The van der Waals surface area contributed by atoms with Gasteiger partial charge in [-0.3, -0.25) is 9.10 Å². The van der Waals surface area contributed by atoms with Crippen molar-refractivity contribution in [2.45, 2.75) is 26.7 Å². The van der Waals surface area contributed by atoms with Crippen LogP contribution in [-0.2, 0) is 16.4 Å². The van der Waals surface area contributed by atoms with E-state index in [1.54, 1.807) is 25.1 Å². The third-order valence-electron chi connectivity index (χ3n) is 7.42. The molecule has 1 aliphatic carbocycles. The van der Waals surface area contributed by atoms with Gasteiger partial charge in [0.05, 0.1) is 28.9 Å². The Labute approximate surface area is 235 Å². The number of halogens is 2. The molecule has 1 aromatic heterocycles. The zero-order valence-corrected chi connectivity index (χ0v) is 23.1. The fraction of sp³-hybridized carbons (Fsp3) is 0.200. The fourth-order valence-electron chi connectivity index (χ4n) is 5.33. The number of ketones is 1. The zero-order chi connectivity index (χ0) is 29.1. The van der Waals surface area contributed by atoms with Crippen molar-refractivity contribution in [3.63, 3.8) is 0 Å². The Morgan fingerprint density at radius 2 is 1.83 bits per heavy atom. The maximum Gasteiger partial charge on any atom is 0.235 e. The number of Topliss-reactive ketones (excluding diaryl/α,β-unsaturated/α-hetero) is 1. The average Bonchev–Trinajstić information content (AvgIpc) is 3.62. The minimum Gasteiger partial charge on any atom is -0.454 e. The number of ether oxygens (including phenoxy) is 1. The number of sulfonamides is 1. The van der Waals surface area contributed by atoms with Gasteiger partial charge in [-0.25, -0.2) is 17.5 Å². The second kappa shape index (κ2) is 9.84. The number of anilines is 2. The number of rotatable bonds is 6. The first-order chi connectivity index (χ1) is 19.5. The first-order valence-corrected chi connectivity index (χ1v) is 14.6. The van der Waals surface area contributed by atoms with Gasteiger partial charge in [-0.2, -0.15) is 9.49 Å². The van der Waals surface area contributed by atoms with Crippen molar-refractivity contribution < 1.29 is 26.7 Å². The van der Waals surface area contributed by atoms with Crippen LogP contribution in [0, 0.1) is 25.5 Å². The third-order valence-corrected chi connectivity index (χ3v) is 9.27. The van der Waals surface area contributed by atoms with Crippen molar-refractivity contribution >= 4 is 33.4 Å². The minimum absolute atomic E-state index is 0.134. The predicted octanol–water partition coefficient (Wildman–Crippen LogP) is 5.50. The summed E-state index contributed by atoms with van der Waals surface area (Å²) in [4.78, 5) is 13.5. The summed E-state index contributed by atoms with van der Waals surface area (Å²) in [5, 5.41) is 4.34. The molecule has 0 amide bonds. The number of allylic oxidation sites excluding steroid dienone is 1. The van der Waals surface area contributed by atoms with Crippen LogP contribution in [0.25, 0.3) is 11.8 Å². The molecule has 2 N–H and O–H groups in total. The summed E-state index contributed by atoms with van der Waals surface area (Å²) in [6.45, 7) is 4.10. The van der Waals surface area contributed by atoms with Crippen LogP contribution in [0.1, 0.15) is 39.0 Å². The smallest absolute Gasteiger partial charge is 0.235 e. The maximum atomic E-state index is 14.0. The first kappa shape index (κ1) is 26.7. The highest BCUT2D eigenvalue weighted by Gasteiger charge is 2.31. The fourth-order valence-corrected chi connectivity index (χ4v) is 6.95. The molecule has 0 spiro atoms. The van der Waals surface area contributed by atoms with Crippen molar-refractivity contribution in [1.82, 2.24) is 9.78 Å². The molecule has 1 aliphatic heterocycles. The van der Waals surface area contributed by atoms with Gasteiger partial charge in [0.1, 0.15) is 11.6 Å². The van der Waals surface area contributed by atoms with Crippen LogP contribution < -0.4 is 14.8 Å². The van der Waals surface area contributed by atoms with Crippen molar-refractivity contribution in [2.75, 3.05) is 22.3 Å². The molecule has 6 rings (SSSR count). The van der Waals surface area contributed by atoms with E-state index in [0.29, 0.717) is 47.6 Å². The Kier molecular flexibility index (Phi) is 6.41. The zero-order valence-electron chi connectivity index (χ0n) is 22.3. The van der Waals surface area contributed by atoms with Gasteiger partial charge in [-0.1, -0.05) is 6.07 Å². The molecular formula is C30H26F2N4O4S. The molecular weight excluding hydrogens is 550 g/mol. The number of nitrogens with zero attached hydrogens (tertiary/aromatic N) is 3. The molecule has 210 valence electrons. The van der Waals surface area contributed by atoms with E-state index in [4.69, 9.17) is 10.5 Å². The second-order valence-electron chi connectivity index (χ2n) is 10.2. The molecule has 41 heavy (non-hydrogen) atoms. The number of carbonyl (C=O) groups is 1. The van der Waals surface area contributed by atoms with Gasteiger partial charge in [0.25, 0.3) is 0 Å². The molecule has 2 aliphatic rings. The molecule has 0 atom stereocenters. The monoisotopic (exact) mass is 576 g/mol. The molecule has 2 heterocycles. The lowest BCUT2D eigenvalue weighted by atomic mass is 10.0. The van der Waals surface area contributed by atoms with Crippen LogP contribution >= 0.6 is 0 Å². The van der Waals surface area contributed by atoms with Crippen molar-refractivity contribution in [2.24, 2.45) is 0 Å². The van der Waals surface area contributed by atoms with Gasteiger partial charge >= 0.3 is 0 Å². The number of benzene rings is 3. The Bertz CT molecular complexity index is 1880. The number of fused-ring (bicyclic) bond motifs is 1. The summed E-state index contributed by atoms with van der Waals surface area (Å²) < 4.78 is 60.9. The first-order valence-electron chi connectivity index (χ1n) is 13.0. The van der Waals surface area contributed by atoms with Gasteiger partial charge in [-0.15, -0.1) is 0 Å². The van der Waals surface area contributed by atoms with Gasteiger partial charge in [0.15, 0.2) is 17.3 Å². The van der Waals surface area contributed by atoms with Gasteiger partial charge in [-0.05, 0) is 91.1 Å². The van der Waals surface area contributed by atoms with Gasteiger partial charge in [0, 0.05) is 18.5 Å². The topological polar surface area (TPSA) is 108 Å². The van der Waals surface area contributed by atoms with Crippen molar-refractivity contribution in [1.29, 1.82) is 0 Å². The Morgan fingerprint density at radius 3 is 2.56 bits per heavy atom. The molecule has 0 radical (unpaired) electrons. The largest absolute Gasteiger partial charge is 0.454 e. The van der Waals surface area contributed by atoms with Crippen LogP contribution in [0.15, 0.2) is 60.3 Å². The number of nitrogens with two attached hydrogens (primary N) is 1. The molecule has 8 nitrogen and oxygen atoms in total.